The van der Waals surface area contributed by atoms with Gasteiger partial charge in [0.1, 0.15) is 11.5 Å². The SMILES string of the molecule is C=CC(=O)N1CCN(C2CN(c3cc(N4CC5(CCC5)C4C4CC4)nc(C(F)F)c3CCC)C2)CC1. The number of anilines is 2. The third-order valence-corrected chi connectivity index (χ3v) is 9.51. The molecule has 6 rings (SSSR count). The number of alkyl halides is 2. The summed E-state index contributed by atoms with van der Waals surface area (Å²) in [5.74, 6) is 1.49. The minimum atomic E-state index is -2.56. The molecule has 1 atom stereocenters. The molecule has 196 valence electrons. The van der Waals surface area contributed by atoms with Crippen molar-refractivity contribution in [2.24, 2.45) is 11.3 Å². The third-order valence-electron chi connectivity index (χ3n) is 9.51. The van der Waals surface area contributed by atoms with Crippen LogP contribution < -0.4 is 9.80 Å². The molecule has 0 N–H and O–H groups in total. The average Bonchev–Trinajstić information content (AvgIpc) is 3.62. The Balaban J connectivity index is 1.21. The molecule has 0 bridgehead atoms. The van der Waals surface area contributed by atoms with Crippen LogP contribution in [0.5, 0.6) is 0 Å². The standard InChI is InChI=1S/C28H39F2N5O/c1-3-6-21-22(34-16-20(17-34)32-11-13-33(14-12-32)24(36)4-2)15-23(31-25(21)27(29)30)35-18-28(9-5-10-28)26(35)19-7-8-19/h4,15,19-20,26-27H,2-3,5-14,16-18H2,1H3. The molecule has 1 aromatic rings. The molecule has 5 aliphatic rings. The fourth-order valence-corrected chi connectivity index (χ4v) is 7.22. The minimum Gasteiger partial charge on any atom is -0.368 e. The Hall–Kier alpha value is -2.22. The lowest BCUT2D eigenvalue weighted by molar-refractivity contribution is -0.128. The summed E-state index contributed by atoms with van der Waals surface area (Å²) in [4.78, 5) is 25.5. The van der Waals surface area contributed by atoms with Gasteiger partial charge < -0.3 is 14.7 Å². The number of hydrogen-bond acceptors (Lipinski definition) is 5. The van der Waals surface area contributed by atoms with Crippen LogP contribution in [0.3, 0.4) is 0 Å². The van der Waals surface area contributed by atoms with E-state index in [1.54, 1.807) is 0 Å². The van der Waals surface area contributed by atoms with Gasteiger partial charge in [-0.2, -0.15) is 0 Å². The Bertz CT molecular complexity index is 1010. The summed E-state index contributed by atoms with van der Waals surface area (Å²) in [6, 6.07) is 3.02. The summed E-state index contributed by atoms with van der Waals surface area (Å²) >= 11 is 0. The van der Waals surface area contributed by atoms with Crippen LogP contribution >= 0.6 is 0 Å². The van der Waals surface area contributed by atoms with Crippen LogP contribution in [0.4, 0.5) is 20.3 Å². The number of piperazine rings is 1. The van der Waals surface area contributed by atoms with Crippen molar-refractivity contribution in [2.75, 3.05) is 55.6 Å². The molecule has 5 fully saturated rings. The van der Waals surface area contributed by atoms with Crippen molar-refractivity contribution in [3.8, 4) is 0 Å². The van der Waals surface area contributed by atoms with Gasteiger partial charge >= 0.3 is 0 Å². The number of aromatic nitrogens is 1. The second-order valence-electron chi connectivity index (χ2n) is 11.7. The quantitative estimate of drug-likeness (QED) is 0.500. The van der Waals surface area contributed by atoms with Gasteiger partial charge in [-0.1, -0.05) is 26.3 Å². The van der Waals surface area contributed by atoms with Gasteiger partial charge in [-0.3, -0.25) is 9.69 Å². The smallest absolute Gasteiger partial charge is 0.280 e. The van der Waals surface area contributed by atoms with E-state index in [0.29, 0.717) is 23.9 Å². The van der Waals surface area contributed by atoms with E-state index in [4.69, 9.17) is 0 Å². The summed E-state index contributed by atoms with van der Waals surface area (Å²) in [7, 11) is 0. The summed E-state index contributed by atoms with van der Waals surface area (Å²) in [5.41, 5.74) is 2.12. The highest BCUT2D eigenvalue weighted by atomic mass is 19.3. The number of rotatable bonds is 8. The molecule has 36 heavy (non-hydrogen) atoms. The lowest BCUT2D eigenvalue weighted by Gasteiger charge is -2.63. The Morgan fingerprint density at radius 1 is 1.22 bits per heavy atom. The van der Waals surface area contributed by atoms with Crippen LogP contribution in [-0.4, -0.2) is 78.6 Å². The van der Waals surface area contributed by atoms with Gasteiger partial charge in [-0.05, 0) is 44.1 Å². The van der Waals surface area contributed by atoms with Crippen molar-refractivity contribution in [3.05, 3.63) is 30.0 Å². The topological polar surface area (TPSA) is 42.9 Å². The van der Waals surface area contributed by atoms with Crippen molar-refractivity contribution >= 4 is 17.4 Å². The largest absolute Gasteiger partial charge is 0.368 e. The highest BCUT2D eigenvalue weighted by Gasteiger charge is 2.60. The van der Waals surface area contributed by atoms with E-state index in [2.05, 4.69) is 39.3 Å². The molecule has 8 heteroatoms. The van der Waals surface area contributed by atoms with Gasteiger partial charge in [0.05, 0.1) is 0 Å². The summed E-state index contributed by atoms with van der Waals surface area (Å²) in [5, 5.41) is 0. The number of nitrogens with zero attached hydrogens (tertiary/aromatic N) is 5. The first-order valence-corrected chi connectivity index (χ1v) is 13.9. The van der Waals surface area contributed by atoms with E-state index >= 15 is 0 Å². The maximum atomic E-state index is 14.3. The Morgan fingerprint density at radius 3 is 2.50 bits per heavy atom. The Morgan fingerprint density at radius 2 is 1.94 bits per heavy atom. The lowest BCUT2D eigenvalue weighted by Crippen LogP contribution is -2.69. The van der Waals surface area contributed by atoms with Crippen molar-refractivity contribution in [3.63, 3.8) is 0 Å². The molecule has 2 aliphatic carbocycles. The molecule has 3 saturated heterocycles. The minimum absolute atomic E-state index is 0.00267. The molecular weight excluding hydrogens is 460 g/mol. The summed E-state index contributed by atoms with van der Waals surface area (Å²) in [6.45, 7) is 11.4. The highest BCUT2D eigenvalue weighted by molar-refractivity contribution is 5.87. The van der Waals surface area contributed by atoms with Gasteiger partial charge in [0, 0.05) is 80.6 Å². The zero-order valence-corrected chi connectivity index (χ0v) is 21.5. The number of hydrogen-bond donors (Lipinski definition) is 0. The molecular formula is C28H39F2N5O. The number of halogens is 2. The lowest BCUT2D eigenvalue weighted by atomic mass is 9.57. The van der Waals surface area contributed by atoms with Crippen LogP contribution in [0.1, 0.15) is 63.1 Å². The molecule has 1 spiro atoms. The molecule has 4 heterocycles. The second kappa shape index (κ2) is 9.26. The maximum absolute atomic E-state index is 14.3. The van der Waals surface area contributed by atoms with E-state index in [1.807, 2.05) is 4.90 Å². The molecule has 6 nitrogen and oxygen atoms in total. The molecule has 0 radical (unpaired) electrons. The van der Waals surface area contributed by atoms with Crippen molar-refractivity contribution in [1.82, 2.24) is 14.8 Å². The first-order chi connectivity index (χ1) is 17.4. The third kappa shape index (κ3) is 4.00. The van der Waals surface area contributed by atoms with Crippen LogP contribution in [-0.2, 0) is 11.2 Å². The predicted molar refractivity (Wildman–Crippen MR) is 138 cm³/mol. The van der Waals surface area contributed by atoms with Gasteiger partial charge in [-0.15, -0.1) is 0 Å². The first kappa shape index (κ1) is 24.1. The van der Waals surface area contributed by atoms with E-state index < -0.39 is 6.43 Å². The Kier molecular flexibility index (Phi) is 6.21. The van der Waals surface area contributed by atoms with Crippen molar-refractivity contribution < 1.29 is 13.6 Å². The number of pyridine rings is 1. The van der Waals surface area contributed by atoms with Crippen LogP contribution in [0, 0.1) is 11.3 Å². The fourth-order valence-electron chi connectivity index (χ4n) is 7.22. The highest BCUT2D eigenvalue weighted by Crippen LogP contribution is 2.60. The monoisotopic (exact) mass is 499 g/mol. The first-order valence-electron chi connectivity index (χ1n) is 13.9. The molecule has 3 aliphatic heterocycles. The molecule has 1 amide bonds. The number of carbonyl (C=O) groups excluding carboxylic acids is 1. The summed E-state index contributed by atoms with van der Waals surface area (Å²) in [6.07, 6.45) is 6.68. The normalized spacial score (nSPS) is 26.1. The zero-order chi connectivity index (χ0) is 25.0. The molecule has 0 aromatic carbocycles. The summed E-state index contributed by atoms with van der Waals surface area (Å²) < 4.78 is 28.7. The predicted octanol–water partition coefficient (Wildman–Crippen LogP) is 4.26. The molecule has 1 aromatic heterocycles. The van der Waals surface area contributed by atoms with Crippen LogP contribution in [0.15, 0.2) is 18.7 Å². The average molecular weight is 500 g/mol. The van der Waals surface area contributed by atoms with Gasteiger partial charge in [0.15, 0.2) is 0 Å². The zero-order valence-electron chi connectivity index (χ0n) is 21.5. The van der Waals surface area contributed by atoms with E-state index in [0.717, 1.165) is 75.2 Å². The number of amides is 1. The van der Waals surface area contributed by atoms with Crippen LogP contribution in [0.25, 0.3) is 0 Å². The van der Waals surface area contributed by atoms with Gasteiger partial charge in [0.25, 0.3) is 6.43 Å². The van der Waals surface area contributed by atoms with Crippen LogP contribution in [0.2, 0.25) is 0 Å². The van der Waals surface area contributed by atoms with Crippen molar-refractivity contribution in [2.45, 2.75) is 70.4 Å². The van der Waals surface area contributed by atoms with Gasteiger partial charge in [0.2, 0.25) is 5.91 Å². The molecule has 2 saturated carbocycles. The van der Waals surface area contributed by atoms with Crippen molar-refractivity contribution in [1.29, 1.82) is 0 Å². The van der Waals surface area contributed by atoms with E-state index in [9.17, 15) is 13.6 Å². The second-order valence-corrected chi connectivity index (χ2v) is 11.7. The number of carbonyl (C=O) groups is 1. The van der Waals surface area contributed by atoms with E-state index in [-0.39, 0.29) is 11.6 Å². The Labute approximate surface area is 213 Å². The van der Waals surface area contributed by atoms with Gasteiger partial charge in [-0.25, -0.2) is 13.8 Å². The fraction of sp³-hybridized carbons (Fsp3) is 0.714. The maximum Gasteiger partial charge on any atom is 0.280 e. The van der Waals surface area contributed by atoms with E-state index in [1.165, 1.54) is 38.2 Å². The molecule has 1 unspecified atom stereocenters.